The molecule has 1 aliphatic heterocycles. The van der Waals surface area contributed by atoms with E-state index >= 15 is 0 Å². The predicted octanol–water partition coefficient (Wildman–Crippen LogP) is -0.377. The molecule has 0 bridgehead atoms. The summed E-state index contributed by atoms with van der Waals surface area (Å²) in [5.74, 6) is 0.505. The van der Waals surface area contributed by atoms with Gasteiger partial charge in [-0.25, -0.2) is 4.79 Å². The van der Waals surface area contributed by atoms with Gasteiger partial charge in [0, 0.05) is 32.7 Å². The maximum Gasteiger partial charge on any atom is 0.317 e. The first-order valence-corrected chi connectivity index (χ1v) is 5.02. The molecule has 1 heterocycles. The third-order valence-electron chi connectivity index (χ3n) is 2.30. The number of hydrogen-bond donors (Lipinski definition) is 2. The van der Waals surface area contributed by atoms with Gasteiger partial charge in [0.25, 0.3) is 0 Å². The molecule has 2 amide bonds. The van der Waals surface area contributed by atoms with Crippen molar-refractivity contribution in [3.8, 4) is 0 Å². The van der Waals surface area contributed by atoms with Gasteiger partial charge >= 0.3 is 6.03 Å². The summed E-state index contributed by atoms with van der Waals surface area (Å²) < 4.78 is 5.40. The Morgan fingerprint density at radius 2 is 2.36 bits per heavy atom. The van der Waals surface area contributed by atoms with E-state index in [4.69, 9.17) is 10.5 Å². The van der Waals surface area contributed by atoms with Crippen molar-refractivity contribution in [1.82, 2.24) is 10.2 Å². The maximum atomic E-state index is 11.1. The Hall–Kier alpha value is -0.810. The highest BCUT2D eigenvalue weighted by Gasteiger charge is 2.29. The van der Waals surface area contributed by atoms with Crippen molar-refractivity contribution in [3.63, 3.8) is 0 Å². The number of nitrogens with one attached hydrogen (secondary N) is 1. The molecule has 0 saturated carbocycles. The van der Waals surface area contributed by atoms with E-state index in [1.807, 2.05) is 0 Å². The van der Waals surface area contributed by atoms with Gasteiger partial charge in [-0.1, -0.05) is 0 Å². The van der Waals surface area contributed by atoms with Crippen LogP contribution in [0.1, 0.15) is 6.42 Å². The molecule has 0 unspecified atom stereocenters. The summed E-state index contributed by atoms with van der Waals surface area (Å²) in [5.41, 5.74) is 5.33. The summed E-state index contributed by atoms with van der Waals surface area (Å²) >= 11 is 0. The molecule has 1 saturated heterocycles. The zero-order chi connectivity index (χ0) is 10.4. The number of nitrogens with zero attached hydrogens (tertiary/aromatic N) is 1. The molecule has 0 aromatic heterocycles. The molecule has 0 atom stereocenters. The van der Waals surface area contributed by atoms with Gasteiger partial charge in [0.2, 0.25) is 0 Å². The van der Waals surface area contributed by atoms with Crippen LogP contribution in [-0.2, 0) is 4.74 Å². The number of hydrogen-bond acceptors (Lipinski definition) is 3. The van der Waals surface area contributed by atoms with Crippen LogP contribution < -0.4 is 11.1 Å². The fourth-order valence-corrected chi connectivity index (χ4v) is 1.43. The van der Waals surface area contributed by atoms with E-state index < -0.39 is 0 Å². The highest BCUT2D eigenvalue weighted by Crippen LogP contribution is 2.15. The Labute approximate surface area is 84.6 Å². The lowest BCUT2D eigenvalue weighted by Crippen LogP contribution is -2.54. The fraction of sp³-hybridized carbons (Fsp3) is 0.889. The van der Waals surface area contributed by atoms with Crippen molar-refractivity contribution >= 4 is 6.03 Å². The molecule has 14 heavy (non-hydrogen) atoms. The highest BCUT2D eigenvalue weighted by molar-refractivity contribution is 5.74. The molecule has 3 N–H and O–H groups in total. The van der Waals surface area contributed by atoms with Crippen LogP contribution in [0.2, 0.25) is 0 Å². The topological polar surface area (TPSA) is 67.6 Å². The zero-order valence-corrected chi connectivity index (χ0v) is 8.66. The SMILES string of the molecule is CNC(=O)N1CC(COCCCN)C1. The number of carbonyl (C=O) groups is 1. The van der Waals surface area contributed by atoms with Crippen LogP contribution >= 0.6 is 0 Å². The van der Waals surface area contributed by atoms with E-state index in [1.165, 1.54) is 0 Å². The van der Waals surface area contributed by atoms with E-state index in [0.717, 1.165) is 32.7 Å². The lowest BCUT2D eigenvalue weighted by Gasteiger charge is -2.38. The third-order valence-corrected chi connectivity index (χ3v) is 2.30. The highest BCUT2D eigenvalue weighted by atomic mass is 16.5. The van der Waals surface area contributed by atoms with Crippen LogP contribution in [0.25, 0.3) is 0 Å². The largest absolute Gasteiger partial charge is 0.381 e. The first kappa shape index (κ1) is 11.3. The van der Waals surface area contributed by atoms with Crippen LogP contribution in [0.3, 0.4) is 0 Å². The summed E-state index contributed by atoms with van der Waals surface area (Å²) in [5, 5.41) is 2.59. The van der Waals surface area contributed by atoms with E-state index in [9.17, 15) is 4.79 Å². The predicted molar refractivity (Wildman–Crippen MR) is 54.0 cm³/mol. The van der Waals surface area contributed by atoms with Crippen LogP contribution in [-0.4, -0.2) is 50.8 Å². The quantitative estimate of drug-likeness (QED) is 0.596. The smallest absolute Gasteiger partial charge is 0.317 e. The standard InChI is InChI=1S/C9H19N3O2/c1-11-9(13)12-5-8(6-12)7-14-4-2-3-10/h8H,2-7,10H2,1H3,(H,11,13). The van der Waals surface area contributed by atoms with Crippen LogP contribution in [0.4, 0.5) is 4.79 Å². The van der Waals surface area contributed by atoms with Crippen molar-refractivity contribution in [1.29, 1.82) is 0 Å². The minimum Gasteiger partial charge on any atom is -0.381 e. The van der Waals surface area contributed by atoms with E-state index in [2.05, 4.69) is 5.32 Å². The Morgan fingerprint density at radius 1 is 1.64 bits per heavy atom. The van der Waals surface area contributed by atoms with Gasteiger partial charge in [0.05, 0.1) is 6.61 Å². The van der Waals surface area contributed by atoms with Crippen molar-refractivity contribution in [2.75, 3.05) is 39.9 Å². The second-order valence-electron chi connectivity index (χ2n) is 3.54. The number of rotatable bonds is 5. The van der Waals surface area contributed by atoms with Crippen molar-refractivity contribution in [2.24, 2.45) is 11.7 Å². The maximum absolute atomic E-state index is 11.1. The molecule has 0 radical (unpaired) electrons. The molecule has 1 fully saturated rings. The zero-order valence-electron chi connectivity index (χ0n) is 8.66. The van der Waals surface area contributed by atoms with E-state index in [0.29, 0.717) is 12.5 Å². The number of ether oxygens (including phenoxy) is 1. The number of carbonyl (C=O) groups excluding carboxylic acids is 1. The minimum absolute atomic E-state index is 0.00297. The molecule has 0 aromatic carbocycles. The van der Waals surface area contributed by atoms with Gasteiger partial charge in [-0.3, -0.25) is 0 Å². The minimum atomic E-state index is 0.00297. The van der Waals surface area contributed by atoms with E-state index in [1.54, 1.807) is 11.9 Å². The molecule has 1 aliphatic rings. The molecule has 0 aliphatic carbocycles. The summed E-state index contributed by atoms with van der Waals surface area (Å²) in [7, 11) is 1.65. The van der Waals surface area contributed by atoms with Crippen molar-refractivity contribution in [3.05, 3.63) is 0 Å². The molecule has 5 nitrogen and oxygen atoms in total. The first-order chi connectivity index (χ1) is 6.77. The average Bonchev–Trinajstić information content (AvgIpc) is 2.14. The second-order valence-corrected chi connectivity index (χ2v) is 3.54. The Morgan fingerprint density at radius 3 is 2.93 bits per heavy atom. The first-order valence-electron chi connectivity index (χ1n) is 5.02. The van der Waals surface area contributed by atoms with Gasteiger partial charge in [-0.15, -0.1) is 0 Å². The summed E-state index contributed by atoms with van der Waals surface area (Å²) in [4.78, 5) is 12.8. The molecular formula is C9H19N3O2. The van der Waals surface area contributed by atoms with Crippen molar-refractivity contribution in [2.45, 2.75) is 6.42 Å². The number of amides is 2. The number of urea groups is 1. The second kappa shape index (κ2) is 5.82. The van der Waals surface area contributed by atoms with Crippen LogP contribution in [0.5, 0.6) is 0 Å². The Bertz CT molecular complexity index is 181. The average molecular weight is 201 g/mol. The fourth-order valence-electron chi connectivity index (χ4n) is 1.43. The normalized spacial score (nSPS) is 16.6. The molecular weight excluding hydrogens is 182 g/mol. The molecule has 0 spiro atoms. The summed E-state index contributed by atoms with van der Waals surface area (Å²) in [6.07, 6.45) is 0.909. The van der Waals surface area contributed by atoms with Gasteiger partial charge in [-0.05, 0) is 13.0 Å². The van der Waals surface area contributed by atoms with Gasteiger partial charge in [-0.2, -0.15) is 0 Å². The van der Waals surface area contributed by atoms with Gasteiger partial charge in [0.15, 0.2) is 0 Å². The van der Waals surface area contributed by atoms with Gasteiger partial charge < -0.3 is 20.7 Å². The third kappa shape index (κ3) is 3.16. The molecule has 1 rings (SSSR count). The van der Waals surface area contributed by atoms with E-state index in [-0.39, 0.29) is 6.03 Å². The lowest BCUT2D eigenvalue weighted by molar-refractivity contribution is 0.0328. The summed E-state index contributed by atoms with van der Waals surface area (Å²) in [6.45, 7) is 3.76. The Kier molecular flexibility index (Phi) is 4.69. The Balaban J connectivity index is 1.96. The number of likely N-dealkylation sites (tertiary alicyclic amines) is 1. The lowest BCUT2D eigenvalue weighted by atomic mass is 10.0. The molecule has 5 heteroatoms. The summed E-state index contributed by atoms with van der Waals surface area (Å²) in [6, 6.07) is 0.00297. The van der Waals surface area contributed by atoms with Gasteiger partial charge in [0.1, 0.15) is 0 Å². The molecule has 0 aromatic rings. The van der Waals surface area contributed by atoms with Crippen LogP contribution in [0.15, 0.2) is 0 Å². The monoisotopic (exact) mass is 201 g/mol. The number of nitrogens with two attached hydrogens (primary N) is 1. The van der Waals surface area contributed by atoms with Crippen molar-refractivity contribution < 1.29 is 9.53 Å². The molecule has 82 valence electrons. The van der Waals surface area contributed by atoms with Crippen LogP contribution in [0, 0.1) is 5.92 Å².